The van der Waals surface area contributed by atoms with Crippen LogP contribution in [-0.2, 0) is 0 Å². The van der Waals surface area contributed by atoms with Gasteiger partial charge in [0.15, 0.2) is 0 Å². The summed E-state index contributed by atoms with van der Waals surface area (Å²) >= 11 is 0. The second kappa shape index (κ2) is 1.65. The summed E-state index contributed by atoms with van der Waals surface area (Å²) in [4.78, 5) is 0. The fourth-order valence-corrected chi connectivity index (χ4v) is 0.453. The van der Waals surface area contributed by atoms with Crippen molar-refractivity contribution in [3.05, 3.63) is 30.3 Å². The highest BCUT2D eigenvalue weighted by molar-refractivity contribution is 5.35. The highest BCUT2D eigenvalue weighted by atomic mass is 14.6. The van der Waals surface area contributed by atoms with Gasteiger partial charge in [-0.15, -0.1) is 0 Å². The first-order valence-electron chi connectivity index (χ1n) is 2.20. The highest BCUT2D eigenvalue weighted by Gasteiger charge is 1.72. The maximum Gasteiger partial charge on any atom is 0.0313 e. The van der Waals surface area contributed by atoms with Crippen LogP contribution in [-0.4, -0.2) is 0 Å². The van der Waals surface area contributed by atoms with Crippen molar-refractivity contribution in [2.75, 3.05) is 5.73 Å². The van der Waals surface area contributed by atoms with Gasteiger partial charge in [0, 0.05) is 5.69 Å². The van der Waals surface area contributed by atoms with E-state index in [1.54, 1.807) is 0 Å². The lowest BCUT2D eigenvalue weighted by atomic mass is 10.4. The summed E-state index contributed by atoms with van der Waals surface area (Å²) in [5.41, 5.74) is 6.18. The molecule has 0 aromatic heterocycles. The van der Waals surface area contributed by atoms with Crippen LogP contribution in [0.25, 0.3) is 0 Å². The first kappa shape index (κ1) is 4.19. The number of benzene rings is 1. The van der Waals surface area contributed by atoms with Crippen LogP contribution in [0.5, 0.6) is 0 Å². The van der Waals surface area contributed by atoms with E-state index >= 15 is 0 Å². The molecule has 0 radical (unpaired) electrons. The van der Waals surface area contributed by atoms with Crippen molar-refractivity contribution in [2.45, 2.75) is 0 Å². The molecule has 0 aliphatic rings. The van der Waals surface area contributed by atoms with Crippen molar-refractivity contribution in [2.24, 2.45) is 0 Å². The maximum absolute atomic E-state index is 5.36. The van der Waals surface area contributed by atoms with Gasteiger partial charge in [0.25, 0.3) is 0 Å². The van der Waals surface area contributed by atoms with E-state index in [4.69, 9.17) is 5.73 Å². The van der Waals surface area contributed by atoms with Gasteiger partial charge in [-0.1, -0.05) is 18.2 Å². The van der Waals surface area contributed by atoms with Gasteiger partial charge in [-0.3, -0.25) is 0 Å². The molecular weight excluding hydrogens is 88.1 g/mol. The van der Waals surface area contributed by atoms with Gasteiger partial charge in [0.2, 0.25) is 0 Å². The minimum atomic E-state index is 0.822. The van der Waals surface area contributed by atoms with Crippen molar-refractivity contribution >= 4 is 5.69 Å². The van der Waals surface area contributed by atoms with Gasteiger partial charge in [-0.25, -0.2) is 0 Å². The molecule has 7 heavy (non-hydrogen) atoms. The molecule has 0 aliphatic carbocycles. The summed E-state index contributed by atoms with van der Waals surface area (Å²) in [6, 6.07) is 9.49. The second-order valence-corrected chi connectivity index (χ2v) is 1.41. The molecule has 0 bridgehead atoms. The number of anilines is 1. The fraction of sp³-hybridized carbons (Fsp3) is 0. The van der Waals surface area contributed by atoms with Crippen LogP contribution >= 0.6 is 0 Å². The van der Waals surface area contributed by atoms with E-state index in [-0.39, 0.29) is 0 Å². The number of hydrogen-bond donors (Lipinski definition) is 1. The van der Waals surface area contributed by atoms with Gasteiger partial charge in [0.1, 0.15) is 0 Å². The Balaban J connectivity index is 3.02. The van der Waals surface area contributed by atoms with Crippen LogP contribution in [0.2, 0.25) is 0 Å². The molecule has 0 saturated carbocycles. The number of hydrogen-bond acceptors (Lipinski definition) is 1. The van der Waals surface area contributed by atoms with Crippen molar-refractivity contribution in [1.29, 1.82) is 0 Å². The molecule has 0 aliphatic heterocycles. The topological polar surface area (TPSA) is 26.0 Å². The monoisotopic (exact) mass is 95.1 g/mol. The molecule has 1 heteroatoms. The number of nitrogens with two attached hydrogens (primary N) is 1. The lowest BCUT2D eigenvalue weighted by Crippen LogP contribution is -1.79. The molecule has 36 valence electrons. The molecule has 0 unspecified atom stereocenters. The standard InChI is InChI=1S/C6H7N/c7-6-4-2-1-3-5-6/h1-5H,7H2/i1+2. The largest absolute Gasteiger partial charge is 0.399 e. The van der Waals surface area contributed by atoms with Crippen molar-refractivity contribution in [3.63, 3.8) is 0 Å². The zero-order valence-electron chi connectivity index (χ0n) is 3.96. The minimum absolute atomic E-state index is 0.822. The molecule has 0 heterocycles. The lowest BCUT2D eigenvalue weighted by molar-refractivity contribution is 1.69. The third kappa shape index (κ3) is 0.929. The summed E-state index contributed by atoms with van der Waals surface area (Å²) in [6.07, 6.45) is 0. The van der Waals surface area contributed by atoms with Crippen molar-refractivity contribution in [1.82, 2.24) is 0 Å². The molecule has 1 rings (SSSR count). The van der Waals surface area contributed by atoms with E-state index in [0.717, 1.165) is 5.69 Å². The van der Waals surface area contributed by atoms with Crippen LogP contribution < -0.4 is 5.73 Å². The van der Waals surface area contributed by atoms with Gasteiger partial charge in [0.05, 0.1) is 0 Å². The second-order valence-electron chi connectivity index (χ2n) is 1.41. The number of rotatable bonds is 0. The summed E-state index contributed by atoms with van der Waals surface area (Å²) in [6.45, 7) is 0. The third-order valence-electron chi connectivity index (χ3n) is 0.800. The smallest absolute Gasteiger partial charge is 0.0313 e. The van der Waals surface area contributed by atoms with Crippen LogP contribution in [0.15, 0.2) is 30.3 Å². The lowest BCUT2D eigenvalue weighted by Gasteiger charge is -1.83. The van der Waals surface area contributed by atoms with E-state index in [9.17, 15) is 0 Å². The molecule has 0 fully saturated rings. The molecule has 0 spiro atoms. The minimum Gasteiger partial charge on any atom is -0.399 e. The van der Waals surface area contributed by atoms with Crippen LogP contribution in [0.1, 0.15) is 0 Å². The Morgan fingerprint density at radius 2 is 1.86 bits per heavy atom. The molecular formula is C6H7N. The molecule has 1 aromatic carbocycles. The third-order valence-corrected chi connectivity index (χ3v) is 0.800. The van der Waals surface area contributed by atoms with E-state index < -0.39 is 0 Å². The average molecular weight is 95.1 g/mol. The van der Waals surface area contributed by atoms with Gasteiger partial charge in [-0.05, 0) is 12.1 Å². The predicted molar refractivity (Wildman–Crippen MR) is 30.9 cm³/mol. The SMILES string of the molecule is Nc1cc[14cH]cc1. The van der Waals surface area contributed by atoms with E-state index in [2.05, 4.69) is 0 Å². The Labute approximate surface area is 42.8 Å². The van der Waals surface area contributed by atoms with Crippen LogP contribution in [0, 0.1) is 0 Å². The maximum atomic E-state index is 5.36. The molecule has 0 atom stereocenters. The Kier molecular flexibility index (Phi) is 0.984. The normalized spacial score (nSPS) is 8.57. The summed E-state index contributed by atoms with van der Waals surface area (Å²) in [5, 5.41) is 0. The number of nitrogen functional groups attached to an aromatic ring is 1. The van der Waals surface area contributed by atoms with E-state index in [0.29, 0.717) is 0 Å². The van der Waals surface area contributed by atoms with Gasteiger partial charge < -0.3 is 5.73 Å². The van der Waals surface area contributed by atoms with Crippen molar-refractivity contribution < 1.29 is 0 Å². The van der Waals surface area contributed by atoms with Crippen LogP contribution in [0.3, 0.4) is 0 Å². The van der Waals surface area contributed by atoms with Gasteiger partial charge in [-0.2, -0.15) is 0 Å². The molecule has 0 saturated heterocycles. The molecule has 1 nitrogen and oxygen atoms in total. The van der Waals surface area contributed by atoms with Crippen molar-refractivity contribution in [3.8, 4) is 0 Å². The van der Waals surface area contributed by atoms with E-state index in [1.165, 1.54) is 0 Å². The predicted octanol–water partition coefficient (Wildman–Crippen LogP) is 1.27. The fourth-order valence-electron chi connectivity index (χ4n) is 0.453. The summed E-state index contributed by atoms with van der Waals surface area (Å²) < 4.78 is 0. The first-order chi connectivity index (χ1) is 3.39. The zero-order valence-corrected chi connectivity index (χ0v) is 3.96. The zero-order chi connectivity index (χ0) is 5.11. The molecule has 1 aromatic rings. The van der Waals surface area contributed by atoms with Gasteiger partial charge >= 0.3 is 0 Å². The Bertz CT molecular complexity index is 134. The number of para-hydroxylation sites is 1. The summed E-state index contributed by atoms with van der Waals surface area (Å²) in [7, 11) is 0. The Morgan fingerprint density at radius 1 is 1.29 bits per heavy atom. The Morgan fingerprint density at radius 3 is 2.14 bits per heavy atom. The Hall–Kier alpha value is -0.980. The summed E-state index contributed by atoms with van der Waals surface area (Å²) in [5.74, 6) is 0. The molecule has 0 amide bonds. The quantitative estimate of drug-likeness (QED) is 0.482. The average Bonchev–Trinajstić information content (AvgIpc) is 1.69. The molecule has 2 N–H and O–H groups in total. The van der Waals surface area contributed by atoms with E-state index in [1.807, 2.05) is 30.3 Å². The van der Waals surface area contributed by atoms with Crippen LogP contribution in [0.4, 0.5) is 5.69 Å². The first-order valence-corrected chi connectivity index (χ1v) is 2.20. The highest BCUT2D eigenvalue weighted by Crippen LogP contribution is 1.95.